The minimum atomic E-state index is -1.04. The number of ether oxygens (including phenoxy) is 3. The second-order valence-electron chi connectivity index (χ2n) is 12.4. The normalized spacial score (nSPS) is 21.2. The van der Waals surface area contributed by atoms with Crippen LogP contribution in [-0.4, -0.2) is 83.8 Å². The van der Waals surface area contributed by atoms with Crippen molar-refractivity contribution in [3.8, 4) is 0 Å². The molecule has 10 nitrogen and oxygen atoms in total. The summed E-state index contributed by atoms with van der Waals surface area (Å²) in [5.74, 6) is -2.74. The highest BCUT2D eigenvalue weighted by Gasteiger charge is 2.52. The third-order valence-corrected chi connectivity index (χ3v) is 9.19. The van der Waals surface area contributed by atoms with E-state index in [9.17, 15) is 24.0 Å². The van der Waals surface area contributed by atoms with Crippen LogP contribution in [0.15, 0.2) is 55.6 Å². The van der Waals surface area contributed by atoms with Crippen LogP contribution in [0, 0.1) is 11.3 Å². The van der Waals surface area contributed by atoms with Gasteiger partial charge < -0.3 is 24.0 Å². The van der Waals surface area contributed by atoms with E-state index < -0.39 is 41.1 Å². The fourth-order valence-corrected chi connectivity index (χ4v) is 6.77. The molecule has 1 aromatic rings. The summed E-state index contributed by atoms with van der Waals surface area (Å²) in [5, 5.41) is 0. The highest BCUT2D eigenvalue weighted by Crippen LogP contribution is 2.41. The average Bonchev–Trinajstić information content (AvgIpc) is 3.53. The molecule has 45 heavy (non-hydrogen) atoms. The standard InChI is InChI=1S/C35H46N2O8/c1-4-12-27(13-5-2)34(42)44-23-29(43-22-26-14-7-6-8-15-26)21-36-20-28-16-11-17-30(32(36)40)37(28)33(41)31(39)35(18-9-10-19-35)24-45-25(3)38/h4-8,14-15,27-30H,1-2,9-13,16-24H2,3H3/t28?,29-,30?/m1/s1. The zero-order valence-corrected chi connectivity index (χ0v) is 26.3. The molecule has 0 N–H and O–H groups in total. The second-order valence-corrected chi connectivity index (χ2v) is 12.4. The van der Waals surface area contributed by atoms with Crippen molar-refractivity contribution in [2.45, 2.75) is 89.5 Å². The van der Waals surface area contributed by atoms with Crippen LogP contribution in [0.1, 0.15) is 70.3 Å². The summed E-state index contributed by atoms with van der Waals surface area (Å²) in [5.41, 5.74) is -0.0938. The lowest BCUT2D eigenvalue weighted by molar-refractivity contribution is -0.169. The molecule has 10 heteroatoms. The number of nitrogens with zero attached hydrogens (tertiary/aromatic N) is 2. The largest absolute Gasteiger partial charge is 0.465 e. The number of carbonyl (C=O) groups is 5. The zero-order valence-electron chi connectivity index (χ0n) is 26.3. The highest BCUT2D eigenvalue weighted by atomic mass is 16.6. The number of rotatable bonds is 16. The van der Waals surface area contributed by atoms with Crippen LogP contribution < -0.4 is 0 Å². The van der Waals surface area contributed by atoms with E-state index in [4.69, 9.17) is 14.2 Å². The van der Waals surface area contributed by atoms with Gasteiger partial charge in [-0.3, -0.25) is 24.0 Å². The van der Waals surface area contributed by atoms with E-state index in [1.54, 1.807) is 17.1 Å². The molecule has 1 aliphatic carbocycles. The van der Waals surface area contributed by atoms with Gasteiger partial charge in [0.15, 0.2) is 0 Å². The van der Waals surface area contributed by atoms with Crippen molar-refractivity contribution in [2.75, 3.05) is 26.3 Å². The number of fused-ring (bicyclic) bond motifs is 2. The third kappa shape index (κ3) is 8.48. The molecule has 3 atom stereocenters. The Kier molecular flexibility index (Phi) is 12.1. The summed E-state index contributed by atoms with van der Waals surface area (Å²) in [6, 6.07) is 8.51. The van der Waals surface area contributed by atoms with Crippen molar-refractivity contribution < 1.29 is 38.2 Å². The summed E-state index contributed by atoms with van der Waals surface area (Å²) in [7, 11) is 0. The molecule has 2 saturated heterocycles. The molecule has 244 valence electrons. The molecule has 4 rings (SSSR count). The van der Waals surface area contributed by atoms with Gasteiger partial charge in [-0.1, -0.05) is 55.3 Å². The van der Waals surface area contributed by atoms with Gasteiger partial charge in [-0.15, -0.1) is 13.2 Å². The Morgan fingerprint density at radius 1 is 1.00 bits per heavy atom. The molecule has 0 spiro atoms. The molecule has 1 aromatic carbocycles. The van der Waals surface area contributed by atoms with Gasteiger partial charge >= 0.3 is 11.9 Å². The lowest BCUT2D eigenvalue weighted by Gasteiger charge is -2.50. The lowest BCUT2D eigenvalue weighted by atomic mass is 9.80. The molecule has 2 unspecified atom stereocenters. The predicted molar refractivity (Wildman–Crippen MR) is 166 cm³/mol. The number of hydrogen-bond donors (Lipinski definition) is 0. The Labute approximate surface area is 265 Å². The zero-order chi connectivity index (χ0) is 32.4. The van der Waals surface area contributed by atoms with Gasteiger partial charge in [-0.2, -0.15) is 0 Å². The van der Waals surface area contributed by atoms with Crippen LogP contribution in [0.5, 0.6) is 0 Å². The Balaban J connectivity index is 1.47. The van der Waals surface area contributed by atoms with Crippen molar-refractivity contribution >= 4 is 29.5 Å². The van der Waals surface area contributed by atoms with E-state index in [-0.39, 0.29) is 50.8 Å². The quantitative estimate of drug-likeness (QED) is 0.153. The Morgan fingerprint density at radius 2 is 1.69 bits per heavy atom. The first-order valence-electron chi connectivity index (χ1n) is 16.0. The van der Waals surface area contributed by atoms with Crippen LogP contribution in [-0.2, 0) is 44.8 Å². The highest BCUT2D eigenvalue weighted by molar-refractivity contribution is 6.38. The number of esters is 2. The molecule has 0 aromatic heterocycles. The van der Waals surface area contributed by atoms with Crippen molar-refractivity contribution in [1.29, 1.82) is 0 Å². The number of amides is 2. The number of ketones is 1. The van der Waals surface area contributed by atoms with Gasteiger partial charge in [0, 0.05) is 13.5 Å². The van der Waals surface area contributed by atoms with Gasteiger partial charge in [-0.05, 0) is 50.5 Å². The number of carbonyl (C=O) groups excluding carboxylic acids is 5. The van der Waals surface area contributed by atoms with E-state index in [1.807, 2.05) is 30.3 Å². The fraction of sp³-hybridized carbons (Fsp3) is 0.571. The molecular formula is C35H46N2O8. The van der Waals surface area contributed by atoms with Gasteiger partial charge in [0.2, 0.25) is 11.7 Å². The van der Waals surface area contributed by atoms with E-state index in [0.717, 1.165) is 24.8 Å². The van der Waals surface area contributed by atoms with Crippen LogP contribution in [0.2, 0.25) is 0 Å². The van der Waals surface area contributed by atoms with Crippen LogP contribution in [0.3, 0.4) is 0 Å². The first-order chi connectivity index (χ1) is 21.7. The van der Waals surface area contributed by atoms with Crippen LogP contribution >= 0.6 is 0 Å². The summed E-state index contributed by atoms with van der Waals surface area (Å²) >= 11 is 0. The number of hydrogen-bond acceptors (Lipinski definition) is 8. The first kappa shape index (κ1) is 34.1. The monoisotopic (exact) mass is 622 g/mol. The number of piperidine rings is 1. The molecule has 1 saturated carbocycles. The smallest absolute Gasteiger partial charge is 0.309 e. The van der Waals surface area contributed by atoms with E-state index in [2.05, 4.69) is 13.2 Å². The minimum Gasteiger partial charge on any atom is -0.465 e. The fourth-order valence-electron chi connectivity index (χ4n) is 6.77. The maximum Gasteiger partial charge on any atom is 0.309 e. The lowest BCUT2D eigenvalue weighted by Crippen LogP contribution is -2.67. The Hall–Kier alpha value is -3.79. The first-order valence-corrected chi connectivity index (χ1v) is 16.0. The number of allylic oxidation sites excluding steroid dienone is 2. The SMILES string of the molecule is C=CCC(CC=C)C(=O)OC[C@@H](CN1CC2CCCC(C1=O)N2C(=O)C(=O)C1(COC(C)=O)CCCC1)OCc1ccccc1. The van der Waals surface area contributed by atoms with Crippen molar-refractivity contribution in [1.82, 2.24) is 9.80 Å². The molecule has 2 bridgehead atoms. The summed E-state index contributed by atoms with van der Waals surface area (Å²) in [4.78, 5) is 69.0. The summed E-state index contributed by atoms with van der Waals surface area (Å²) in [6.45, 7) is 9.27. The third-order valence-electron chi connectivity index (χ3n) is 9.19. The second kappa shape index (κ2) is 16.0. The summed E-state index contributed by atoms with van der Waals surface area (Å²) < 4.78 is 17.1. The Morgan fingerprint density at radius 3 is 2.33 bits per heavy atom. The average molecular weight is 623 g/mol. The Bertz CT molecular complexity index is 1230. The molecule has 3 aliphatic rings. The topological polar surface area (TPSA) is 120 Å². The predicted octanol–water partition coefficient (Wildman–Crippen LogP) is 4.17. The van der Waals surface area contributed by atoms with Gasteiger partial charge in [0.1, 0.15) is 25.4 Å². The van der Waals surface area contributed by atoms with Crippen molar-refractivity contribution in [3.05, 3.63) is 61.2 Å². The maximum atomic E-state index is 13.9. The molecule has 0 radical (unpaired) electrons. The van der Waals surface area contributed by atoms with Crippen molar-refractivity contribution in [2.24, 2.45) is 11.3 Å². The number of Topliss-reactive ketones (excluding diaryl/α,β-unsaturated/α-hetero) is 1. The molecule has 3 fully saturated rings. The molecule has 2 heterocycles. The minimum absolute atomic E-state index is 0.0463. The van der Waals surface area contributed by atoms with E-state index >= 15 is 0 Å². The molecule has 2 amide bonds. The number of likely N-dealkylation sites (tertiary alicyclic amines) is 1. The summed E-state index contributed by atoms with van der Waals surface area (Å²) in [6.07, 6.45) is 8.04. The van der Waals surface area contributed by atoms with Crippen molar-refractivity contribution in [3.63, 3.8) is 0 Å². The van der Waals surface area contributed by atoms with Crippen LogP contribution in [0.4, 0.5) is 0 Å². The number of benzene rings is 1. The van der Waals surface area contributed by atoms with Gasteiger partial charge in [0.05, 0.1) is 30.5 Å². The van der Waals surface area contributed by atoms with E-state index in [0.29, 0.717) is 38.5 Å². The van der Waals surface area contributed by atoms with Crippen LogP contribution in [0.25, 0.3) is 0 Å². The number of piperazine rings is 1. The van der Waals surface area contributed by atoms with E-state index in [1.165, 1.54) is 11.8 Å². The van der Waals surface area contributed by atoms with Gasteiger partial charge in [0.25, 0.3) is 5.91 Å². The molecular weight excluding hydrogens is 576 g/mol. The van der Waals surface area contributed by atoms with Gasteiger partial charge in [-0.25, -0.2) is 0 Å². The molecule has 2 aliphatic heterocycles. The maximum absolute atomic E-state index is 13.9.